The summed E-state index contributed by atoms with van der Waals surface area (Å²) < 4.78 is 45.2. The Balaban J connectivity index is 1.55. The molecule has 2 aromatic carbocycles. The predicted molar refractivity (Wildman–Crippen MR) is 99.5 cm³/mol. The summed E-state index contributed by atoms with van der Waals surface area (Å²) in [6.07, 6.45) is -0.250. The second kappa shape index (κ2) is 7.93. The number of nitrogens with one attached hydrogen (secondary N) is 1. The summed E-state index contributed by atoms with van der Waals surface area (Å²) in [6.45, 7) is 2.02. The first-order valence-electron chi connectivity index (χ1n) is 8.19. The molecular weight excluding hydrogens is 395 g/mol. The van der Waals surface area contributed by atoms with Crippen molar-refractivity contribution >= 4 is 33.2 Å². The molecule has 1 aliphatic heterocycles. The van der Waals surface area contributed by atoms with Gasteiger partial charge in [0.05, 0.1) is 17.6 Å². The van der Waals surface area contributed by atoms with Gasteiger partial charge in [0.2, 0.25) is 15.9 Å². The van der Waals surface area contributed by atoms with E-state index in [0.717, 1.165) is 0 Å². The van der Waals surface area contributed by atoms with Gasteiger partial charge >= 0.3 is 0 Å². The average Bonchev–Trinajstić information content (AvgIpc) is 2.55. The third kappa shape index (κ3) is 4.65. The summed E-state index contributed by atoms with van der Waals surface area (Å²) in [5, 5.41) is 2.86. The molecule has 144 valence electrons. The molecule has 1 heterocycles. The van der Waals surface area contributed by atoms with Crippen molar-refractivity contribution < 1.29 is 22.3 Å². The van der Waals surface area contributed by atoms with Gasteiger partial charge in [0.1, 0.15) is 5.82 Å². The van der Waals surface area contributed by atoms with Crippen molar-refractivity contribution in [2.24, 2.45) is 0 Å². The summed E-state index contributed by atoms with van der Waals surface area (Å²) in [5.74, 6) is -0.649. The topological polar surface area (TPSA) is 75.7 Å². The standard InChI is InChI=1S/C18H18ClFN2O4S/c1-12(23)21-15-4-6-17(7-5-15)27(24,25)22-9-16(10-22)26-11-13-2-3-14(20)8-18(13)19/h2-8,16H,9-11H2,1H3,(H,21,23). The van der Waals surface area contributed by atoms with Crippen LogP contribution in [0.15, 0.2) is 47.4 Å². The largest absolute Gasteiger partial charge is 0.371 e. The number of carbonyl (C=O) groups excluding carboxylic acids is 1. The van der Waals surface area contributed by atoms with E-state index in [1.165, 1.54) is 35.5 Å². The molecule has 0 radical (unpaired) electrons. The molecule has 2 aromatic rings. The first-order chi connectivity index (χ1) is 12.8. The molecule has 9 heteroatoms. The molecule has 0 atom stereocenters. The van der Waals surface area contributed by atoms with Crippen LogP contribution < -0.4 is 5.32 Å². The normalized spacial score (nSPS) is 15.4. The molecule has 0 bridgehead atoms. The van der Waals surface area contributed by atoms with Crippen LogP contribution in [-0.4, -0.2) is 37.8 Å². The second-order valence-corrected chi connectivity index (χ2v) is 8.54. The predicted octanol–water partition coefficient (Wildman–Crippen LogP) is 3.03. The Morgan fingerprint density at radius 2 is 1.93 bits per heavy atom. The fourth-order valence-electron chi connectivity index (χ4n) is 2.61. The van der Waals surface area contributed by atoms with E-state index in [4.69, 9.17) is 16.3 Å². The number of anilines is 1. The minimum atomic E-state index is -3.61. The summed E-state index contributed by atoms with van der Waals surface area (Å²) in [6, 6.07) is 10.0. The molecule has 0 saturated carbocycles. The van der Waals surface area contributed by atoms with E-state index in [0.29, 0.717) is 11.3 Å². The lowest BCUT2D eigenvalue weighted by Gasteiger charge is -2.37. The molecule has 1 fully saturated rings. The lowest BCUT2D eigenvalue weighted by Crippen LogP contribution is -2.54. The van der Waals surface area contributed by atoms with Gasteiger partial charge in [0, 0.05) is 30.7 Å². The number of sulfonamides is 1. The third-order valence-electron chi connectivity index (χ3n) is 4.12. The second-order valence-electron chi connectivity index (χ2n) is 6.20. The zero-order valence-corrected chi connectivity index (χ0v) is 16.1. The summed E-state index contributed by atoms with van der Waals surface area (Å²) in [4.78, 5) is 11.2. The number of rotatable bonds is 6. The van der Waals surface area contributed by atoms with Gasteiger partial charge in [0.15, 0.2) is 0 Å². The first kappa shape index (κ1) is 19.8. The minimum Gasteiger partial charge on any atom is -0.371 e. The highest BCUT2D eigenvalue weighted by molar-refractivity contribution is 7.89. The molecule has 1 N–H and O–H groups in total. The Bertz CT molecular complexity index is 944. The number of nitrogens with zero attached hydrogens (tertiary/aromatic N) is 1. The van der Waals surface area contributed by atoms with E-state index in [1.807, 2.05) is 0 Å². The van der Waals surface area contributed by atoms with Gasteiger partial charge in [0.25, 0.3) is 0 Å². The van der Waals surface area contributed by atoms with E-state index in [1.54, 1.807) is 18.2 Å². The Kier molecular flexibility index (Phi) is 5.81. The Labute approximate surface area is 161 Å². The molecule has 0 unspecified atom stereocenters. The van der Waals surface area contributed by atoms with E-state index in [9.17, 15) is 17.6 Å². The molecule has 27 heavy (non-hydrogen) atoms. The number of halogens is 2. The van der Waals surface area contributed by atoms with Crippen molar-refractivity contribution in [3.8, 4) is 0 Å². The Morgan fingerprint density at radius 1 is 1.26 bits per heavy atom. The SMILES string of the molecule is CC(=O)Nc1ccc(S(=O)(=O)N2CC(OCc3ccc(F)cc3Cl)C2)cc1. The number of hydrogen-bond donors (Lipinski definition) is 1. The lowest BCUT2D eigenvalue weighted by molar-refractivity contribution is -0.114. The maximum absolute atomic E-state index is 13.0. The van der Waals surface area contributed by atoms with E-state index >= 15 is 0 Å². The van der Waals surface area contributed by atoms with Crippen molar-refractivity contribution in [3.63, 3.8) is 0 Å². The molecule has 3 rings (SSSR count). The lowest BCUT2D eigenvalue weighted by atomic mass is 10.2. The first-order valence-corrected chi connectivity index (χ1v) is 10.0. The molecule has 0 spiro atoms. The van der Waals surface area contributed by atoms with Gasteiger partial charge in [-0.1, -0.05) is 17.7 Å². The van der Waals surface area contributed by atoms with Gasteiger partial charge in [-0.25, -0.2) is 12.8 Å². The monoisotopic (exact) mass is 412 g/mol. The highest BCUT2D eigenvalue weighted by atomic mass is 35.5. The number of hydrogen-bond acceptors (Lipinski definition) is 4. The van der Waals surface area contributed by atoms with Crippen LogP contribution in [0.5, 0.6) is 0 Å². The molecule has 6 nitrogen and oxygen atoms in total. The van der Waals surface area contributed by atoms with Crippen LogP contribution in [0, 0.1) is 5.82 Å². The number of amides is 1. The van der Waals surface area contributed by atoms with Crippen molar-refractivity contribution in [1.29, 1.82) is 0 Å². The maximum Gasteiger partial charge on any atom is 0.243 e. The molecule has 0 aromatic heterocycles. The van der Waals surface area contributed by atoms with Crippen molar-refractivity contribution in [2.75, 3.05) is 18.4 Å². The molecule has 0 aliphatic carbocycles. The number of benzene rings is 2. The van der Waals surface area contributed by atoms with Crippen LogP contribution in [0.3, 0.4) is 0 Å². The van der Waals surface area contributed by atoms with E-state index < -0.39 is 15.8 Å². The zero-order valence-electron chi connectivity index (χ0n) is 14.5. The van der Waals surface area contributed by atoms with Gasteiger partial charge < -0.3 is 10.1 Å². The van der Waals surface area contributed by atoms with Gasteiger partial charge in [-0.05, 0) is 42.0 Å². The van der Waals surface area contributed by atoms with Crippen molar-refractivity contribution in [1.82, 2.24) is 4.31 Å². The fraction of sp³-hybridized carbons (Fsp3) is 0.278. The fourth-order valence-corrected chi connectivity index (χ4v) is 4.34. The van der Waals surface area contributed by atoms with Crippen LogP contribution in [0.4, 0.5) is 10.1 Å². The summed E-state index contributed by atoms with van der Waals surface area (Å²) >= 11 is 5.95. The number of carbonyl (C=O) groups is 1. The zero-order chi connectivity index (χ0) is 19.6. The average molecular weight is 413 g/mol. The van der Waals surface area contributed by atoms with E-state index in [2.05, 4.69) is 5.32 Å². The van der Waals surface area contributed by atoms with Crippen LogP contribution in [0.25, 0.3) is 0 Å². The van der Waals surface area contributed by atoms with Crippen molar-refractivity contribution in [3.05, 3.63) is 58.9 Å². The molecule has 1 saturated heterocycles. The third-order valence-corrected chi connectivity index (χ3v) is 6.31. The number of ether oxygens (including phenoxy) is 1. The smallest absolute Gasteiger partial charge is 0.243 e. The van der Waals surface area contributed by atoms with Crippen LogP contribution in [0.1, 0.15) is 12.5 Å². The quantitative estimate of drug-likeness (QED) is 0.791. The highest BCUT2D eigenvalue weighted by Gasteiger charge is 2.37. The van der Waals surface area contributed by atoms with Crippen LogP contribution in [-0.2, 0) is 26.2 Å². The van der Waals surface area contributed by atoms with Gasteiger partial charge in [-0.15, -0.1) is 0 Å². The highest BCUT2D eigenvalue weighted by Crippen LogP contribution is 2.26. The molecular formula is C18H18ClFN2O4S. The van der Waals surface area contributed by atoms with Crippen LogP contribution in [0.2, 0.25) is 5.02 Å². The van der Waals surface area contributed by atoms with E-state index in [-0.39, 0.29) is 41.6 Å². The molecule has 1 aliphatic rings. The summed E-state index contributed by atoms with van der Waals surface area (Å²) in [7, 11) is -3.61. The Hall–Kier alpha value is -2.00. The summed E-state index contributed by atoms with van der Waals surface area (Å²) in [5.41, 5.74) is 1.18. The van der Waals surface area contributed by atoms with Gasteiger partial charge in [-0.3, -0.25) is 4.79 Å². The molecule has 1 amide bonds. The van der Waals surface area contributed by atoms with Crippen LogP contribution >= 0.6 is 11.6 Å². The minimum absolute atomic E-state index is 0.150. The Morgan fingerprint density at radius 3 is 2.52 bits per heavy atom. The van der Waals surface area contributed by atoms with Crippen molar-refractivity contribution in [2.45, 2.75) is 24.5 Å². The van der Waals surface area contributed by atoms with Gasteiger partial charge in [-0.2, -0.15) is 4.31 Å². The maximum atomic E-state index is 13.0.